The second kappa shape index (κ2) is 10.4. The van der Waals surface area contributed by atoms with Gasteiger partial charge in [-0.1, -0.05) is 30.3 Å². The first kappa shape index (κ1) is 25.8. The molecule has 4 rings (SSSR count). The number of aliphatic hydroxyl groups is 2. The van der Waals surface area contributed by atoms with Crippen LogP contribution in [0.15, 0.2) is 57.7 Å². The Morgan fingerprint density at radius 3 is 2.53 bits per heavy atom. The molecule has 0 unspecified atom stereocenters. The second-order valence-corrected chi connectivity index (χ2v) is 9.43. The molecule has 3 aromatic rings. The molecule has 0 bridgehead atoms. The molecule has 2 heterocycles. The number of amides is 1. The van der Waals surface area contributed by atoms with E-state index in [0.717, 1.165) is 5.56 Å². The van der Waals surface area contributed by atoms with Gasteiger partial charge in [0, 0.05) is 24.5 Å². The molecule has 1 fully saturated rings. The number of methoxy groups -OCH3 is 1. The number of hydrogen-bond donors (Lipinski definition) is 3. The van der Waals surface area contributed by atoms with Gasteiger partial charge in [0.05, 0.1) is 5.60 Å². The van der Waals surface area contributed by atoms with Crippen molar-refractivity contribution in [1.82, 2.24) is 0 Å². The van der Waals surface area contributed by atoms with Crippen molar-refractivity contribution in [1.29, 1.82) is 0 Å². The average Bonchev–Trinajstić information content (AvgIpc) is 2.84. The van der Waals surface area contributed by atoms with Crippen molar-refractivity contribution >= 4 is 22.6 Å². The summed E-state index contributed by atoms with van der Waals surface area (Å²) in [4.78, 5) is 25.0. The maximum Gasteiger partial charge on any atom is 0.360 e. The van der Waals surface area contributed by atoms with E-state index < -0.39 is 35.8 Å². The Balaban J connectivity index is 1.51. The first-order valence-electron chi connectivity index (χ1n) is 11.8. The molecule has 2 aromatic carbocycles. The maximum absolute atomic E-state index is 12.6. The molecule has 1 saturated heterocycles. The summed E-state index contributed by atoms with van der Waals surface area (Å²) in [5.74, 6) is 0.0226. The zero-order valence-electron chi connectivity index (χ0n) is 20.7. The average molecular weight is 498 g/mol. The van der Waals surface area contributed by atoms with Gasteiger partial charge in [-0.3, -0.25) is 4.79 Å². The smallest absolute Gasteiger partial charge is 0.360 e. The van der Waals surface area contributed by atoms with Gasteiger partial charge in [-0.25, -0.2) is 4.79 Å². The molecule has 1 aromatic heterocycles. The highest BCUT2D eigenvalue weighted by Crippen LogP contribution is 2.35. The molecule has 4 atom stereocenters. The van der Waals surface area contributed by atoms with Crippen molar-refractivity contribution in [3.8, 4) is 5.75 Å². The van der Waals surface area contributed by atoms with Gasteiger partial charge >= 0.3 is 5.63 Å². The van der Waals surface area contributed by atoms with Crippen molar-refractivity contribution < 1.29 is 33.6 Å². The Hall–Kier alpha value is -3.24. The van der Waals surface area contributed by atoms with Crippen LogP contribution in [0.2, 0.25) is 0 Å². The number of benzene rings is 2. The number of hydrogen-bond acceptors (Lipinski definition) is 8. The Kier molecular flexibility index (Phi) is 7.46. The Labute approximate surface area is 208 Å². The van der Waals surface area contributed by atoms with Gasteiger partial charge in [0.15, 0.2) is 0 Å². The van der Waals surface area contributed by atoms with Crippen LogP contribution in [0.1, 0.15) is 31.4 Å². The zero-order valence-corrected chi connectivity index (χ0v) is 20.7. The van der Waals surface area contributed by atoms with Gasteiger partial charge in [-0.15, -0.1) is 0 Å². The fourth-order valence-electron chi connectivity index (χ4n) is 4.47. The fourth-order valence-corrected chi connectivity index (χ4v) is 4.47. The third kappa shape index (κ3) is 5.29. The monoisotopic (exact) mass is 497 g/mol. The molecule has 0 spiro atoms. The SMILES string of the molecule is CO[C@@H]1[C@@H](O)[C@H](O)[C@H](Oc2ccc3cc(NC(=O)CCc4ccccc4)c(=O)oc3c2C)OC1(C)C. The summed E-state index contributed by atoms with van der Waals surface area (Å²) in [6.45, 7) is 5.16. The summed E-state index contributed by atoms with van der Waals surface area (Å²) in [5, 5.41) is 24.2. The second-order valence-electron chi connectivity index (χ2n) is 9.43. The maximum atomic E-state index is 12.6. The lowest BCUT2D eigenvalue weighted by Gasteiger charge is -2.46. The number of ether oxygens (including phenoxy) is 3. The molecular formula is C27H31NO8. The molecule has 0 aliphatic carbocycles. The van der Waals surface area contributed by atoms with E-state index in [9.17, 15) is 19.8 Å². The van der Waals surface area contributed by atoms with Crippen LogP contribution in [0.25, 0.3) is 11.0 Å². The highest BCUT2D eigenvalue weighted by molar-refractivity contribution is 5.93. The van der Waals surface area contributed by atoms with Gasteiger partial charge < -0.3 is 34.2 Å². The topological polar surface area (TPSA) is 127 Å². The normalized spacial score (nSPS) is 23.4. The minimum absolute atomic E-state index is 0.0511. The predicted molar refractivity (Wildman–Crippen MR) is 133 cm³/mol. The van der Waals surface area contributed by atoms with Crippen molar-refractivity contribution in [3.63, 3.8) is 0 Å². The predicted octanol–water partition coefficient (Wildman–Crippen LogP) is 2.92. The molecule has 36 heavy (non-hydrogen) atoms. The highest BCUT2D eigenvalue weighted by atomic mass is 16.7. The van der Waals surface area contributed by atoms with Crippen LogP contribution in [0.3, 0.4) is 0 Å². The van der Waals surface area contributed by atoms with Gasteiger partial charge in [-0.2, -0.15) is 0 Å². The van der Waals surface area contributed by atoms with Crippen molar-refractivity contribution in [2.75, 3.05) is 12.4 Å². The lowest BCUT2D eigenvalue weighted by atomic mass is 9.89. The number of nitrogens with one attached hydrogen (secondary N) is 1. The number of aryl methyl sites for hydroxylation is 2. The van der Waals surface area contributed by atoms with Gasteiger partial charge in [-0.05, 0) is 51.0 Å². The first-order valence-corrected chi connectivity index (χ1v) is 11.8. The van der Waals surface area contributed by atoms with Gasteiger partial charge in [0.25, 0.3) is 0 Å². The Bertz CT molecular complexity index is 1290. The van der Waals surface area contributed by atoms with E-state index in [-0.39, 0.29) is 23.6 Å². The van der Waals surface area contributed by atoms with E-state index in [0.29, 0.717) is 23.1 Å². The van der Waals surface area contributed by atoms with Crippen LogP contribution in [-0.2, 0) is 20.7 Å². The number of aliphatic hydroxyl groups excluding tert-OH is 2. The molecule has 1 aliphatic rings. The number of fused-ring (bicyclic) bond motifs is 1. The summed E-state index contributed by atoms with van der Waals surface area (Å²) in [6.07, 6.45) is -3.73. The number of carbonyl (C=O) groups excluding carboxylic acids is 1. The standard InChI is InChI=1S/C27H31NO8/c1-15-19(34-26-22(31)21(30)24(33-4)27(2,3)36-26)12-11-17-14-18(25(32)35-23(15)17)28-20(29)13-10-16-8-6-5-7-9-16/h5-9,11-12,14,21-22,24,26,30-31H,10,13H2,1-4H3,(H,28,29)/t21-,22-,24+,26+/m0/s1. The van der Waals surface area contributed by atoms with Crippen LogP contribution in [0, 0.1) is 6.92 Å². The van der Waals surface area contributed by atoms with Crippen LogP contribution in [0.5, 0.6) is 5.75 Å². The van der Waals surface area contributed by atoms with Crippen LogP contribution >= 0.6 is 0 Å². The van der Waals surface area contributed by atoms with Crippen LogP contribution in [-0.4, -0.2) is 53.4 Å². The summed E-state index contributed by atoms with van der Waals surface area (Å²) >= 11 is 0. The molecule has 0 saturated carbocycles. The molecule has 3 N–H and O–H groups in total. The molecular weight excluding hydrogens is 466 g/mol. The molecule has 9 nitrogen and oxygen atoms in total. The first-order chi connectivity index (χ1) is 17.1. The lowest BCUT2D eigenvalue weighted by Crippen LogP contribution is -2.63. The molecule has 192 valence electrons. The van der Waals surface area contributed by atoms with Crippen molar-refractivity contribution in [2.45, 2.75) is 63.8 Å². The zero-order chi connectivity index (χ0) is 26.0. The fraction of sp³-hybridized carbons (Fsp3) is 0.407. The van der Waals surface area contributed by atoms with Crippen molar-refractivity contribution in [3.05, 3.63) is 70.1 Å². The quantitative estimate of drug-likeness (QED) is 0.425. The largest absolute Gasteiger partial charge is 0.462 e. The van der Waals surface area contributed by atoms with E-state index in [1.807, 2.05) is 30.3 Å². The Morgan fingerprint density at radius 2 is 1.83 bits per heavy atom. The number of carbonyl (C=O) groups is 1. The number of rotatable bonds is 7. The van der Waals surface area contributed by atoms with Crippen LogP contribution < -0.4 is 15.7 Å². The van der Waals surface area contributed by atoms with E-state index in [2.05, 4.69) is 5.32 Å². The third-order valence-corrected chi connectivity index (χ3v) is 6.40. The van der Waals surface area contributed by atoms with E-state index in [1.54, 1.807) is 39.0 Å². The summed E-state index contributed by atoms with van der Waals surface area (Å²) in [5.41, 5.74) is 0.243. The number of anilines is 1. The van der Waals surface area contributed by atoms with Crippen molar-refractivity contribution in [2.24, 2.45) is 0 Å². The van der Waals surface area contributed by atoms with E-state index in [4.69, 9.17) is 18.6 Å². The van der Waals surface area contributed by atoms with Gasteiger partial charge in [0.2, 0.25) is 12.2 Å². The van der Waals surface area contributed by atoms with E-state index in [1.165, 1.54) is 7.11 Å². The summed E-state index contributed by atoms with van der Waals surface area (Å²) in [6, 6.07) is 14.5. The summed E-state index contributed by atoms with van der Waals surface area (Å²) < 4.78 is 22.6. The molecule has 9 heteroatoms. The Morgan fingerprint density at radius 1 is 1.11 bits per heavy atom. The molecule has 1 amide bonds. The van der Waals surface area contributed by atoms with E-state index >= 15 is 0 Å². The minimum atomic E-state index is -1.36. The third-order valence-electron chi connectivity index (χ3n) is 6.40. The lowest BCUT2D eigenvalue weighted by molar-refractivity contribution is -0.306. The molecule has 0 radical (unpaired) electrons. The summed E-state index contributed by atoms with van der Waals surface area (Å²) in [7, 11) is 1.43. The van der Waals surface area contributed by atoms with Crippen LogP contribution in [0.4, 0.5) is 5.69 Å². The van der Waals surface area contributed by atoms with Gasteiger partial charge in [0.1, 0.15) is 35.3 Å². The molecule has 1 aliphatic heterocycles. The minimum Gasteiger partial charge on any atom is -0.462 e. The highest BCUT2D eigenvalue weighted by Gasteiger charge is 2.50.